The first kappa shape index (κ1) is 24.6. The molecule has 3 rings (SSSR count). The minimum atomic E-state index is -3.61. The Kier molecular flexibility index (Phi) is 7.04. The Hall–Kier alpha value is -3.04. The third kappa shape index (κ3) is 5.85. The highest BCUT2D eigenvalue weighted by atomic mass is 32.2. The number of aromatic nitrogens is 2. The molecule has 0 saturated heterocycles. The van der Waals surface area contributed by atoms with Gasteiger partial charge in [0.25, 0.3) is 0 Å². The summed E-state index contributed by atoms with van der Waals surface area (Å²) in [6, 6.07) is 15.7. The number of benzene rings is 2. The van der Waals surface area contributed by atoms with Gasteiger partial charge < -0.3 is 9.42 Å². The highest BCUT2D eigenvalue weighted by Crippen LogP contribution is 2.26. The Morgan fingerprint density at radius 3 is 2.18 bits per heavy atom. The molecule has 0 N–H and O–H groups in total. The number of likely N-dealkylation sites (N-methyl/N-ethyl adjacent to an activating group) is 2. The van der Waals surface area contributed by atoms with E-state index < -0.39 is 22.0 Å². The van der Waals surface area contributed by atoms with E-state index in [-0.39, 0.29) is 17.9 Å². The van der Waals surface area contributed by atoms with Gasteiger partial charge in [0.15, 0.2) is 0 Å². The molecule has 0 unspecified atom stereocenters. The second-order valence-corrected chi connectivity index (χ2v) is 11.2. The maximum Gasteiger partial charge on any atom is 0.246 e. The van der Waals surface area contributed by atoms with Crippen LogP contribution in [0.1, 0.15) is 43.8 Å². The van der Waals surface area contributed by atoms with E-state index in [4.69, 9.17) is 4.52 Å². The minimum absolute atomic E-state index is 0.0401. The fraction of sp³-hybridized carbons (Fsp3) is 0.375. The van der Waals surface area contributed by atoms with E-state index in [0.717, 1.165) is 16.1 Å². The second kappa shape index (κ2) is 9.44. The van der Waals surface area contributed by atoms with Crippen LogP contribution in [0.3, 0.4) is 0 Å². The normalized spacial score (nSPS) is 13.2. The van der Waals surface area contributed by atoms with Crippen molar-refractivity contribution < 1.29 is 17.7 Å². The lowest BCUT2D eigenvalue weighted by molar-refractivity contribution is -0.134. The lowest BCUT2D eigenvalue weighted by Gasteiger charge is -2.29. The Morgan fingerprint density at radius 1 is 1.03 bits per heavy atom. The van der Waals surface area contributed by atoms with Gasteiger partial charge in [0.1, 0.15) is 6.04 Å². The fourth-order valence-corrected chi connectivity index (χ4v) is 3.97. The van der Waals surface area contributed by atoms with Crippen molar-refractivity contribution in [2.75, 3.05) is 20.4 Å². The minimum Gasteiger partial charge on any atom is -0.337 e. The van der Waals surface area contributed by atoms with Gasteiger partial charge in [-0.05, 0) is 16.5 Å². The van der Waals surface area contributed by atoms with Crippen LogP contribution in [-0.2, 0) is 26.8 Å². The molecular weight excluding hydrogens is 440 g/mol. The number of nitrogens with zero attached hydrogens (tertiary/aromatic N) is 4. The molecule has 1 amide bonds. The highest BCUT2D eigenvalue weighted by Gasteiger charge is 2.33. The van der Waals surface area contributed by atoms with Gasteiger partial charge in [0, 0.05) is 19.7 Å². The summed E-state index contributed by atoms with van der Waals surface area (Å²) in [5.41, 5.74) is 2.62. The molecule has 8 nitrogen and oxygen atoms in total. The smallest absolute Gasteiger partial charge is 0.246 e. The van der Waals surface area contributed by atoms with Crippen molar-refractivity contribution in [3.63, 3.8) is 0 Å². The zero-order chi connectivity index (χ0) is 24.4. The summed E-state index contributed by atoms with van der Waals surface area (Å²) >= 11 is 0. The molecule has 33 heavy (non-hydrogen) atoms. The van der Waals surface area contributed by atoms with E-state index >= 15 is 0 Å². The van der Waals surface area contributed by atoms with Gasteiger partial charge >= 0.3 is 0 Å². The van der Waals surface area contributed by atoms with Gasteiger partial charge in [-0.3, -0.25) is 4.79 Å². The van der Waals surface area contributed by atoms with Gasteiger partial charge in [0.2, 0.25) is 27.6 Å². The molecule has 2 aromatic carbocycles. The standard InChI is InChI=1S/C24H30N4O4S/c1-24(2,3)19-14-12-18(13-15-19)22-25-20(32-26-22)16-27(4)23(29)21(28(5)33(6,30)31)17-10-8-7-9-11-17/h7-15,21H,16H2,1-6H3/t21-/m1/s1. The number of hydrogen-bond donors (Lipinski definition) is 0. The summed E-state index contributed by atoms with van der Waals surface area (Å²) in [5, 5.41) is 4.04. The third-order valence-electron chi connectivity index (χ3n) is 5.46. The lowest BCUT2D eigenvalue weighted by atomic mass is 9.87. The molecule has 176 valence electrons. The van der Waals surface area contributed by atoms with Crippen LogP contribution >= 0.6 is 0 Å². The number of carbonyl (C=O) groups excluding carboxylic acids is 1. The van der Waals surface area contributed by atoms with Crippen LogP contribution in [0.4, 0.5) is 0 Å². The Morgan fingerprint density at radius 2 is 1.64 bits per heavy atom. The van der Waals surface area contributed by atoms with Crippen molar-refractivity contribution in [1.82, 2.24) is 19.3 Å². The molecule has 0 bridgehead atoms. The van der Waals surface area contributed by atoms with Crippen LogP contribution < -0.4 is 0 Å². The summed E-state index contributed by atoms with van der Waals surface area (Å²) in [5.74, 6) is 0.289. The largest absolute Gasteiger partial charge is 0.337 e. The predicted molar refractivity (Wildman–Crippen MR) is 127 cm³/mol. The number of rotatable bonds is 7. The van der Waals surface area contributed by atoms with Crippen LogP contribution in [0, 0.1) is 0 Å². The molecule has 0 spiro atoms. The molecular formula is C24H30N4O4S. The zero-order valence-electron chi connectivity index (χ0n) is 19.8. The summed E-state index contributed by atoms with van der Waals surface area (Å²) in [4.78, 5) is 19.1. The van der Waals surface area contributed by atoms with Gasteiger partial charge in [-0.1, -0.05) is 80.5 Å². The maximum absolute atomic E-state index is 13.3. The van der Waals surface area contributed by atoms with Crippen LogP contribution in [0.15, 0.2) is 59.1 Å². The summed E-state index contributed by atoms with van der Waals surface area (Å²) in [6.07, 6.45) is 1.07. The lowest BCUT2D eigenvalue weighted by Crippen LogP contribution is -2.41. The van der Waals surface area contributed by atoms with E-state index in [1.54, 1.807) is 31.3 Å². The fourth-order valence-electron chi connectivity index (χ4n) is 3.38. The average molecular weight is 471 g/mol. The highest BCUT2D eigenvalue weighted by molar-refractivity contribution is 7.88. The Balaban J connectivity index is 1.79. The van der Waals surface area contributed by atoms with Gasteiger partial charge in [-0.2, -0.15) is 9.29 Å². The van der Waals surface area contributed by atoms with Crippen molar-refractivity contribution in [3.8, 4) is 11.4 Å². The molecule has 1 heterocycles. The van der Waals surface area contributed by atoms with Crippen LogP contribution in [0.25, 0.3) is 11.4 Å². The van der Waals surface area contributed by atoms with E-state index in [1.165, 1.54) is 17.5 Å². The van der Waals surface area contributed by atoms with E-state index in [0.29, 0.717) is 11.4 Å². The SMILES string of the molecule is CN(Cc1nc(-c2ccc(C(C)(C)C)cc2)no1)C(=O)[C@@H](c1ccccc1)N(C)S(C)(=O)=O. The average Bonchev–Trinajstić information content (AvgIpc) is 3.22. The number of carbonyl (C=O) groups is 1. The van der Waals surface area contributed by atoms with Crippen molar-refractivity contribution in [2.45, 2.75) is 38.8 Å². The van der Waals surface area contributed by atoms with Gasteiger partial charge in [0.05, 0.1) is 12.8 Å². The molecule has 3 aromatic rings. The number of amides is 1. The molecule has 1 atom stereocenters. The maximum atomic E-state index is 13.3. The molecule has 0 saturated carbocycles. The zero-order valence-corrected chi connectivity index (χ0v) is 20.6. The molecule has 0 fully saturated rings. The van der Waals surface area contributed by atoms with Gasteiger partial charge in [-0.15, -0.1) is 0 Å². The van der Waals surface area contributed by atoms with Crippen molar-refractivity contribution in [3.05, 3.63) is 71.6 Å². The Labute approximate surface area is 195 Å². The van der Waals surface area contributed by atoms with Crippen molar-refractivity contribution in [2.24, 2.45) is 0 Å². The predicted octanol–water partition coefficient (Wildman–Crippen LogP) is 3.63. The monoisotopic (exact) mass is 470 g/mol. The van der Waals surface area contributed by atoms with E-state index in [1.807, 2.05) is 30.3 Å². The van der Waals surface area contributed by atoms with E-state index in [2.05, 4.69) is 30.9 Å². The summed E-state index contributed by atoms with van der Waals surface area (Å²) in [6.45, 7) is 6.48. The summed E-state index contributed by atoms with van der Waals surface area (Å²) < 4.78 is 30.8. The summed E-state index contributed by atoms with van der Waals surface area (Å²) in [7, 11) is -0.640. The van der Waals surface area contributed by atoms with Crippen LogP contribution in [0.2, 0.25) is 0 Å². The third-order valence-corrected chi connectivity index (χ3v) is 6.72. The molecule has 0 aliphatic heterocycles. The first-order chi connectivity index (χ1) is 15.4. The topological polar surface area (TPSA) is 96.6 Å². The number of sulfonamides is 1. The van der Waals surface area contributed by atoms with Crippen LogP contribution in [0.5, 0.6) is 0 Å². The first-order valence-corrected chi connectivity index (χ1v) is 12.4. The molecule has 9 heteroatoms. The molecule has 0 radical (unpaired) electrons. The molecule has 0 aliphatic rings. The first-order valence-electron chi connectivity index (χ1n) is 10.5. The van der Waals surface area contributed by atoms with Crippen molar-refractivity contribution >= 4 is 15.9 Å². The van der Waals surface area contributed by atoms with E-state index in [9.17, 15) is 13.2 Å². The second-order valence-electron chi connectivity index (χ2n) is 9.13. The van der Waals surface area contributed by atoms with Crippen molar-refractivity contribution in [1.29, 1.82) is 0 Å². The Bertz CT molecular complexity index is 1200. The molecule has 0 aliphatic carbocycles. The van der Waals surface area contributed by atoms with Gasteiger partial charge in [-0.25, -0.2) is 8.42 Å². The van der Waals surface area contributed by atoms with Crippen LogP contribution in [-0.4, -0.2) is 54.0 Å². The molecule has 1 aromatic heterocycles. The quantitative estimate of drug-likeness (QED) is 0.523. The number of hydrogen-bond acceptors (Lipinski definition) is 6.